The van der Waals surface area contributed by atoms with Crippen molar-refractivity contribution < 1.29 is 26.8 Å². The molecule has 1 radical (unpaired) electrons. The van der Waals surface area contributed by atoms with Gasteiger partial charge in [0.1, 0.15) is 0 Å². The first-order valence-electron chi connectivity index (χ1n) is 8.55. The van der Waals surface area contributed by atoms with Crippen LogP contribution in [0.2, 0.25) is 0 Å². The molecular formula is C18H35OTi+2. The number of hydrogen-bond acceptors (Lipinski definition) is 1. The van der Waals surface area contributed by atoms with Gasteiger partial charge in [0.05, 0.1) is 0 Å². The second-order valence-electron chi connectivity index (χ2n) is 7.27. The van der Waals surface area contributed by atoms with Crippen LogP contribution < -0.4 is 0 Å². The second-order valence-corrected chi connectivity index (χ2v) is 7.27. The van der Waals surface area contributed by atoms with E-state index in [1.54, 1.807) is 0 Å². The monoisotopic (exact) mass is 315 g/mol. The Morgan fingerprint density at radius 3 is 1.20 bits per heavy atom. The van der Waals surface area contributed by atoms with Crippen molar-refractivity contribution in [1.29, 1.82) is 0 Å². The van der Waals surface area contributed by atoms with Crippen molar-refractivity contribution in [2.45, 2.75) is 97.0 Å². The van der Waals surface area contributed by atoms with E-state index in [0.717, 1.165) is 12.8 Å². The molecule has 1 nitrogen and oxygen atoms in total. The van der Waals surface area contributed by atoms with Crippen LogP contribution in [0, 0.1) is 18.3 Å². The normalized spacial score (nSPS) is 30.6. The average Bonchev–Trinajstić information content (AvgIpc) is 3.12. The van der Waals surface area contributed by atoms with Crippen LogP contribution in [-0.2, 0) is 21.7 Å². The van der Waals surface area contributed by atoms with Gasteiger partial charge < -0.3 is 12.0 Å². The smallest absolute Gasteiger partial charge is 0.395 e. The third-order valence-electron chi connectivity index (χ3n) is 4.91. The van der Waals surface area contributed by atoms with Crippen LogP contribution >= 0.6 is 0 Å². The Balaban J connectivity index is 0.000000282. The Morgan fingerprint density at radius 2 is 1.10 bits per heavy atom. The third kappa shape index (κ3) is 8.20. The zero-order valence-electron chi connectivity index (χ0n) is 13.8. The molecule has 0 amide bonds. The molecule has 0 spiro atoms. The maximum Gasteiger partial charge on any atom is 3.00 e. The van der Waals surface area contributed by atoms with Gasteiger partial charge in [-0.15, -0.1) is 5.92 Å². The van der Waals surface area contributed by atoms with Crippen molar-refractivity contribution in [3.8, 4) is 0 Å². The van der Waals surface area contributed by atoms with Crippen LogP contribution in [0.1, 0.15) is 90.9 Å². The summed E-state index contributed by atoms with van der Waals surface area (Å²) in [4.78, 5) is 0. The van der Waals surface area contributed by atoms with Crippen LogP contribution in [0.25, 0.3) is 0 Å². The zero-order chi connectivity index (χ0) is 14.1. The maximum absolute atomic E-state index is 9.46. The Morgan fingerprint density at radius 1 is 0.800 bits per heavy atom. The first-order valence-corrected chi connectivity index (χ1v) is 8.55. The largest absolute Gasteiger partial charge is 3.00 e. The van der Waals surface area contributed by atoms with Gasteiger partial charge in [0.25, 0.3) is 0 Å². The minimum absolute atomic E-state index is 0. The quantitative estimate of drug-likeness (QED) is 0.461. The molecule has 115 valence electrons. The minimum atomic E-state index is -0.183. The molecule has 0 aliphatic heterocycles. The molecule has 0 aromatic carbocycles. The molecule has 1 N–H and O–H groups in total. The Bertz CT molecular complexity index is 194. The van der Waals surface area contributed by atoms with E-state index in [1.807, 2.05) is 0 Å². The van der Waals surface area contributed by atoms with E-state index < -0.39 is 0 Å². The summed E-state index contributed by atoms with van der Waals surface area (Å²) in [5, 5.41) is 9.46. The third-order valence-corrected chi connectivity index (χ3v) is 4.91. The fourth-order valence-electron chi connectivity index (χ4n) is 3.27. The Hall–Kier alpha value is 0.674. The van der Waals surface area contributed by atoms with Gasteiger partial charge in [0.15, 0.2) is 0 Å². The molecule has 0 unspecified atom stereocenters. The van der Waals surface area contributed by atoms with E-state index in [2.05, 4.69) is 20.8 Å². The fourth-order valence-corrected chi connectivity index (χ4v) is 3.27. The molecule has 3 aliphatic rings. The Kier molecular flexibility index (Phi) is 11.6. The molecule has 3 rings (SSSR count). The number of hydrogen-bond donors (Lipinski definition) is 1. The molecule has 2 atom stereocenters. The van der Waals surface area contributed by atoms with Crippen molar-refractivity contribution in [2.75, 3.05) is 0 Å². The molecule has 2 heteroatoms. The van der Waals surface area contributed by atoms with Gasteiger partial charge in [0, 0.05) is 6.10 Å². The summed E-state index contributed by atoms with van der Waals surface area (Å²) >= 11 is 0. The van der Waals surface area contributed by atoms with Gasteiger partial charge in [-0.1, -0.05) is 84.5 Å². The number of aliphatic hydroxyl groups excluding tert-OH is 1. The van der Waals surface area contributed by atoms with Gasteiger partial charge in [-0.3, -0.25) is 0 Å². The van der Waals surface area contributed by atoms with Crippen molar-refractivity contribution >= 4 is 0 Å². The summed E-state index contributed by atoms with van der Waals surface area (Å²) in [6.45, 7) is 8.06. The van der Waals surface area contributed by atoms with Gasteiger partial charge in [-0.25, -0.2) is 0 Å². The van der Waals surface area contributed by atoms with Crippen molar-refractivity contribution in [2.24, 2.45) is 11.3 Å². The molecule has 0 aromatic heterocycles. The summed E-state index contributed by atoms with van der Waals surface area (Å²) in [5.74, 6) is 0.264. The summed E-state index contributed by atoms with van der Waals surface area (Å²) in [6.07, 6.45) is 17.0. The predicted octanol–water partition coefficient (Wildman–Crippen LogP) is 5.52. The summed E-state index contributed by atoms with van der Waals surface area (Å²) in [6, 6.07) is 0. The zero-order valence-corrected chi connectivity index (χ0v) is 15.4. The molecule has 0 heterocycles. The van der Waals surface area contributed by atoms with Crippen LogP contribution in [0.15, 0.2) is 0 Å². The van der Waals surface area contributed by atoms with Crippen molar-refractivity contribution in [1.82, 2.24) is 0 Å². The molecule has 3 aliphatic carbocycles. The van der Waals surface area contributed by atoms with Crippen LogP contribution in [0.3, 0.4) is 0 Å². The molecule has 3 fully saturated rings. The van der Waals surface area contributed by atoms with Crippen molar-refractivity contribution in [3.63, 3.8) is 0 Å². The average molecular weight is 315 g/mol. The molecule has 20 heavy (non-hydrogen) atoms. The molecule has 0 aromatic rings. The standard InChI is InChI=1S/C8H15O.2C5H10.Ti/c1-6-4-5-8(2,3)7(6)9;2*1-2-4-5-3-1;/h6-7,9H,1,4-5H2,2-3H3;2*1-5H2;/q-1;;;+3/t6-,7-;;;/m0.../s1. The topological polar surface area (TPSA) is 20.2 Å². The van der Waals surface area contributed by atoms with Gasteiger partial charge >= 0.3 is 21.7 Å². The van der Waals surface area contributed by atoms with Crippen LogP contribution in [0.4, 0.5) is 0 Å². The maximum atomic E-state index is 9.46. The van der Waals surface area contributed by atoms with Crippen LogP contribution in [0.5, 0.6) is 0 Å². The van der Waals surface area contributed by atoms with Gasteiger partial charge in [-0.05, 0) is 11.8 Å². The summed E-state index contributed by atoms with van der Waals surface area (Å²) in [7, 11) is 0. The molecule has 3 saturated carbocycles. The van der Waals surface area contributed by atoms with Gasteiger partial charge in [0.2, 0.25) is 0 Å². The molecular weight excluding hydrogens is 280 g/mol. The second kappa shape index (κ2) is 11.3. The Labute approximate surface area is 142 Å². The minimum Gasteiger partial charge on any atom is -0.395 e. The van der Waals surface area contributed by atoms with E-state index >= 15 is 0 Å². The van der Waals surface area contributed by atoms with E-state index in [4.69, 9.17) is 0 Å². The van der Waals surface area contributed by atoms with Gasteiger partial charge in [-0.2, -0.15) is 0 Å². The van der Waals surface area contributed by atoms with Crippen LogP contribution in [-0.4, -0.2) is 11.2 Å². The first kappa shape index (κ1) is 20.7. The molecule has 0 saturated heterocycles. The molecule has 0 bridgehead atoms. The van der Waals surface area contributed by atoms with Crippen molar-refractivity contribution in [3.05, 3.63) is 6.92 Å². The first-order chi connectivity index (χ1) is 9.04. The summed E-state index contributed by atoms with van der Waals surface area (Å²) < 4.78 is 0. The summed E-state index contributed by atoms with van der Waals surface area (Å²) in [5.41, 5.74) is 0.117. The number of aliphatic hydroxyl groups is 1. The van der Waals surface area contributed by atoms with E-state index in [9.17, 15) is 5.11 Å². The number of rotatable bonds is 0. The fraction of sp³-hybridized carbons (Fsp3) is 0.944. The van der Waals surface area contributed by atoms with E-state index in [-0.39, 0.29) is 39.2 Å². The SMILES string of the molecule is C1CCCC1.C1CCCC1.[CH2-][C@H]1CCC(C)(C)[C@H]1O.[Ti+3]. The van der Waals surface area contributed by atoms with E-state index in [1.165, 1.54) is 64.2 Å². The predicted molar refractivity (Wildman–Crippen MR) is 84.0 cm³/mol. The van der Waals surface area contributed by atoms with E-state index in [0.29, 0.717) is 0 Å².